The molecule has 1 fully saturated rings. The molecule has 0 spiro atoms. The van der Waals surface area contributed by atoms with Crippen LogP contribution in [0.2, 0.25) is 0 Å². The van der Waals surface area contributed by atoms with Crippen molar-refractivity contribution in [2.45, 2.75) is 32.2 Å². The van der Waals surface area contributed by atoms with Gasteiger partial charge in [0.1, 0.15) is 5.76 Å². The number of hydrogen-bond acceptors (Lipinski definition) is 6. The summed E-state index contributed by atoms with van der Waals surface area (Å²) in [5.41, 5.74) is 2.95. The Labute approximate surface area is 167 Å². The molecule has 1 amide bonds. The number of amides is 1. The van der Waals surface area contributed by atoms with Crippen LogP contribution in [0.4, 0.5) is 0 Å². The van der Waals surface area contributed by atoms with Gasteiger partial charge in [0.25, 0.3) is 11.5 Å². The maximum atomic E-state index is 12.8. The zero-order chi connectivity index (χ0) is 19.8. The maximum Gasteiger partial charge on any atom is 0.276 e. The average Bonchev–Trinajstić information content (AvgIpc) is 3.16. The van der Waals surface area contributed by atoms with Crippen LogP contribution in [-0.2, 0) is 19.4 Å². The zero-order valence-corrected chi connectivity index (χ0v) is 16.0. The molecule has 0 aromatic carbocycles. The second-order valence-electron chi connectivity index (χ2n) is 7.69. The molecular weight excluding hydrogens is 370 g/mol. The number of carbonyl (C=O) groups is 1. The molecular formula is C21H21N5O3. The summed E-state index contributed by atoms with van der Waals surface area (Å²) >= 11 is 0. The minimum atomic E-state index is -0.141. The molecule has 29 heavy (non-hydrogen) atoms. The summed E-state index contributed by atoms with van der Waals surface area (Å²) in [5.74, 6) is 0.985. The van der Waals surface area contributed by atoms with Crippen LogP contribution in [0, 0.1) is 5.92 Å². The predicted molar refractivity (Wildman–Crippen MR) is 104 cm³/mol. The van der Waals surface area contributed by atoms with Crippen LogP contribution in [-0.4, -0.2) is 43.8 Å². The first-order valence-corrected chi connectivity index (χ1v) is 9.94. The number of aryl methyl sites for hydroxylation is 1. The van der Waals surface area contributed by atoms with Gasteiger partial charge in [-0.25, -0.2) is 4.68 Å². The Hall–Kier alpha value is -3.29. The van der Waals surface area contributed by atoms with Gasteiger partial charge in [-0.15, -0.1) is 0 Å². The molecule has 3 aromatic heterocycles. The second kappa shape index (κ2) is 7.27. The molecule has 8 nitrogen and oxygen atoms in total. The number of nitrogens with zero attached hydrogens (tertiary/aromatic N) is 5. The van der Waals surface area contributed by atoms with Gasteiger partial charge in [0.15, 0.2) is 5.69 Å². The van der Waals surface area contributed by atoms with E-state index in [1.165, 1.54) is 10.7 Å². The summed E-state index contributed by atoms with van der Waals surface area (Å²) in [5, 5.41) is 8.52. The topological polar surface area (TPSA) is 94.1 Å². The molecule has 8 heteroatoms. The van der Waals surface area contributed by atoms with E-state index < -0.39 is 0 Å². The standard InChI is InChI=1S/C21H21N5O3/c27-19-6-5-17(15-7-9-22-10-8-15)23-26(19)13-14-11-25(12-14)21(28)20-16-3-1-2-4-18(16)29-24-20/h5-10,14H,1-4,11-13H2. The first-order valence-electron chi connectivity index (χ1n) is 9.94. The van der Waals surface area contributed by atoms with Crippen LogP contribution >= 0.6 is 0 Å². The van der Waals surface area contributed by atoms with Crippen LogP contribution in [0.15, 0.2) is 46.0 Å². The molecule has 0 atom stereocenters. The molecule has 1 saturated heterocycles. The van der Waals surface area contributed by atoms with Crippen LogP contribution in [0.1, 0.15) is 34.7 Å². The third-order valence-corrected chi connectivity index (χ3v) is 5.67. The van der Waals surface area contributed by atoms with E-state index in [1.807, 2.05) is 12.1 Å². The Kier molecular flexibility index (Phi) is 4.46. The summed E-state index contributed by atoms with van der Waals surface area (Å²) in [6.45, 7) is 1.67. The number of pyridine rings is 1. The molecule has 1 aliphatic heterocycles. The van der Waals surface area contributed by atoms with Gasteiger partial charge in [0.2, 0.25) is 0 Å². The Bertz CT molecular complexity index is 1100. The highest BCUT2D eigenvalue weighted by molar-refractivity contribution is 5.94. The molecule has 3 aromatic rings. The molecule has 1 aliphatic carbocycles. The number of carbonyl (C=O) groups excluding carboxylic acids is 1. The fourth-order valence-corrected chi connectivity index (χ4v) is 4.05. The molecule has 5 rings (SSSR count). The van der Waals surface area contributed by atoms with Crippen molar-refractivity contribution >= 4 is 5.91 Å². The lowest BCUT2D eigenvalue weighted by Crippen LogP contribution is -2.52. The zero-order valence-electron chi connectivity index (χ0n) is 16.0. The van der Waals surface area contributed by atoms with Crippen molar-refractivity contribution in [1.29, 1.82) is 0 Å². The summed E-state index contributed by atoms with van der Waals surface area (Å²) in [6, 6.07) is 6.98. The number of aromatic nitrogens is 4. The minimum Gasteiger partial charge on any atom is -0.360 e. The second-order valence-corrected chi connectivity index (χ2v) is 7.69. The first-order chi connectivity index (χ1) is 14.2. The smallest absolute Gasteiger partial charge is 0.276 e. The van der Waals surface area contributed by atoms with E-state index in [0.29, 0.717) is 25.3 Å². The van der Waals surface area contributed by atoms with E-state index in [4.69, 9.17) is 4.52 Å². The quantitative estimate of drug-likeness (QED) is 0.675. The van der Waals surface area contributed by atoms with Crippen LogP contribution in [0.3, 0.4) is 0 Å². The first kappa shape index (κ1) is 17.8. The van der Waals surface area contributed by atoms with Crippen molar-refractivity contribution in [2.75, 3.05) is 13.1 Å². The largest absolute Gasteiger partial charge is 0.360 e. The highest BCUT2D eigenvalue weighted by atomic mass is 16.5. The van der Waals surface area contributed by atoms with Gasteiger partial charge >= 0.3 is 0 Å². The van der Waals surface area contributed by atoms with E-state index in [0.717, 1.165) is 48.3 Å². The minimum absolute atomic E-state index is 0.0704. The molecule has 4 heterocycles. The monoisotopic (exact) mass is 391 g/mol. The predicted octanol–water partition coefficient (Wildman–Crippen LogP) is 1.94. The van der Waals surface area contributed by atoms with Crippen LogP contribution in [0.5, 0.6) is 0 Å². The van der Waals surface area contributed by atoms with Gasteiger partial charge < -0.3 is 9.42 Å². The lowest BCUT2D eigenvalue weighted by molar-refractivity contribution is 0.0447. The van der Waals surface area contributed by atoms with Crippen molar-refractivity contribution < 1.29 is 9.32 Å². The normalized spacial score (nSPS) is 16.3. The molecule has 0 unspecified atom stereocenters. The van der Waals surface area contributed by atoms with E-state index in [9.17, 15) is 9.59 Å². The Morgan fingerprint density at radius 1 is 1.10 bits per heavy atom. The number of hydrogen-bond donors (Lipinski definition) is 0. The van der Waals surface area contributed by atoms with E-state index in [1.54, 1.807) is 23.4 Å². The highest BCUT2D eigenvalue weighted by Crippen LogP contribution is 2.27. The van der Waals surface area contributed by atoms with Gasteiger partial charge in [0.05, 0.1) is 12.2 Å². The fourth-order valence-electron chi connectivity index (χ4n) is 4.05. The number of rotatable bonds is 4. The SMILES string of the molecule is O=C(c1noc2c1CCCC2)N1CC(Cn2nc(-c3ccncc3)ccc2=O)C1. The van der Waals surface area contributed by atoms with E-state index in [-0.39, 0.29) is 17.4 Å². The third kappa shape index (κ3) is 3.35. The molecule has 0 N–H and O–H groups in total. The van der Waals surface area contributed by atoms with Crippen LogP contribution < -0.4 is 5.56 Å². The van der Waals surface area contributed by atoms with Crippen molar-refractivity contribution in [3.63, 3.8) is 0 Å². The van der Waals surface area contributed by atoms with Crippen molar-refractivity contribution in [1.82, 2.24) is 24.8 Å². The van der Waals surface area contributed by atoms with Gasteiger partial charge in [-0.05, 0) is 37.5 Å². The van der Waals surface area contributed by atoms with Gasteiger partial charge in [-0.3, -0.25) is 14.6 Å². The van der Waals surface area contributed by atoms with Crippen molar-refractivity contribution in [2.24, 2.45) is 5.92 Å². The van der Waals surface area contributed by atoms with E-state index in [2.05, 4.69) is 15.2 Å². The summed E-state index contributed by atoms with van der Waals surface area (Å²) < 4.78 is 6.85. The summed E-state index contributed by atoms with van der Waals surface area (Å²) in [4.78, 5) is 30.8. The lowest BCUT2D eigenvalue weighted by Gasteiger charge is -2.38. The van der Waals surface area contributed by atoms with E-state index >= 15 is 0 Å². The summed E-state index contributed by atoms with van der Waals surface area (Å²) in [7, 11) is 0. The Balaban J connectivity index is 1.26. The Morgan fingerprint density at radius 3 is 2.72 bits per heavy atom. The molecule has 0 radical (unpaired) electrons. The fraction of sp³-hybridized carbons (Fsp3) is 0.381. The van der Waals surface area contributed by atoms with Crippen molar-refractivity contribution in [3.8, 4) is 11.3 Å². The molecule has 0 bridgehead atoms. The lowest BCUT2D eigenvalue weighted by atomic mass is 9.94. The Morgan fingerprint density at radius 2 is 1.90 bits per heavy atom. The van der Waals surface area contributed by atoms with Crippen molar-refractivity contribution in [3.05, 3.63) is 64.0 Å². The maximum absolute atomic E-state index is 12.8. The highest BCUT2D eigenvalue weighted by Gasteiger charge is 2.35. The number of fused-ring (bicyclic) bond motifs is 1. The van der Waals surface area contributed by atoms with Crippen LogP contribution in [0.25, 0.3) is 11.3 Å². The molecule has 2 aliphatic rings. The third-order valence-electron chi connectivity index (χ3n) is 5.67. The molecule has 148 valence electrons. The summed E-state index contributed by atoms with van der Waals surface area (Å²) in [6.07, 6.45) is 7.27. The van der Waals surface area contributed by atoms with Gasteiger partial charge in [-0.2, -0.15) is 5.10 Å². The average molecular weight is 391 g/mol. The molecule has 0 saturated carbocycles. The van der Waals surface area contributed by atoms with Gasteiger partial charge in [0, 0.05) is 55.0 Å². The number of likely N-dealkylation sites (tertiary alicyclic amines) is 1. The van der Waals surface area contributed by atoms with Gasteiger partial charge in [-0.1, -0.05) is 5.16 Å².